The zero-order valence-electron chi connectivity index (χ0n) is 19.9. The second-order valence-electron chi connectivity index (χ2n) is 5.99. The van der Waals surface area contributed by atoms with Crippen LogP contribution in [-0.2, 0) is 0 Å². The van der Waals surface area contributed by atoms with Gasteiger partial charge in [0, 0.05) is 0 Å². The van der Waals surface area contributed by atoms with Crippen LogP contribution in [-0.4, -0.2) is 0 Å². The Morgan fingerprint density at radius 3 is 2.04 bits per heavy atom. The van der Waals surface area contributed by atoms with Gasteiger partial charge in [-0.25, -0.2) is 0 Å². The van der Waals surface area contributed by atoms with Crippen molar-refractivity contribution >= 4 is 0 Å². The van der Waals surface area contributed by atoms with Crippen molar-refractivity contribution in [1.82, 2.24) is 0 Å². The molecule has 1 unspecified atom stereocenters. The van der Waals surface area contributed by atoms with E-state index in [9.17, 15) is 0 Å². The molecule has 0 N–H and O–H groups in total. The van der Waals surface area contributed by atoms with Crippen molar-refractivity contribution < 1.29 is 0 Å². The average molecular weight is 361 g/mol. The summed E-state index contributed by atoms with van der Waals surface area (Å²) in [6.45, 7) is 23.1. The van der Waals surface area contributed by atoms with Crippen molar-refractivity contribution in [2.24, 2.45) is 5.92 Å². The van der Waals surface area contributed by atoms with E-state index < -0.39 is 0 Å². The van der Waals surface area contributed by atoms with E-state index in [0.717, 1.165) is 12.3 Å². The summed E-state index contributed by atoms with van der Waals surface area (Å²) in [5, 5.41) is 0. The SMILES string of the molecule is CC.CC.CC.CC\C=C(C)/C=C/C=C(C)/C=C/C1=C(C)CCCC1C. The molecule has 0 heterocycles. The Morgan fingerprint density at radius 2 is 1.54 bits per heavy atom. The Bertz CT molecular complexity index is 452. The maximum Gasteiger partial charge on any atom is -0.0191 e. The minimum atomic E-state index is 0.720. The molecule has 152 valence electrons. The minimum Gasteiger partial charge on any atom is -0.0819 e. The van der Waals surface area contributed by atoms with E-state index in [1.165, 1.54) is 30.4 Å². The Balaban J connectivity index is -0.000000795. The molecule has 26 heavy (non-hydrogen) atoms. The van der Waals surface area contributed by atoms with Gasteiger partial charge in [-0.2, -0.15) is 0 Å². The van der Waals surface area contributed by atoms with Gasteiger partial charge in [0.05, 0.1) is 0 Å². The van der Waals surface area contributed by atoms with E-state index >= 15 is 0 Å². The summed E-state index contributed by atoms with van der Waals surface area (Å²) in [6, 6.07) is 0. The average Bonchev–Trinajstić information content (AvgIpc) is 2.66. The summed E-state index contributed by atoms with van der Waals surface area (Å²) < 4.78 is 0. The molecule has 0 radical (unpaired) electrons. The largest absolute Gasteiger partial charge is 0.0819 e. The highest BCUT2D eigenvalue weighted by atomic mass is 14.2. The number of rotatable bonds is 5. The van der Waals surface area contributed by atoms with Crippen molar-refractivity contribution in [3.63, 3.8) is 0 Å². The van der Waals surface area contributed by atoms with Crippen LogP contribution < -0.4 is 0 Å². The zero-order valence-corrected chi connectivity index (χ0v) is 19.9. The summed E-state index contributed by atoms with van der Waals surface area (Å²) in [7, 11) is 0. The molecule has 0 aromatic heterocycles. The van der Waals surface area contributed by atoms with Gasteiger partial charge in [0.25, 0.3) is 0 Å². The van der Waals surface area contributed by atoms with Gasteiger partial charge in [-0.15, -0.1) is 0 Å². The Morgan fingerprint density at radius 1 is 0.962 bits per heavy atom. The number of hydrogen-bond donors (Lipinski definition) is 0. The maximum atomic E-state index is 2.35. The van der Waals surface area contributed by atoms with Crippen molar-refractivity contribution in [2.75, 3.05) is 0 Å². The normalized spacial score (nSPS) is 17.9. The van der Waals surface area contributed by atoms with Crippen LogP contribution in [0, 0.1) is 5.92 Å². The topological polar surface area (TPSA) is 0 Å². The Kier molecular flexibility index (Phi) is 24.6. The van der Waals surface area contributed by atoms with E-state index in [1.54, 1.807) is 11.1 Å². The van der Waals surface area contributed by atoms with E-state index in [0.29, 0.717) is 0 Å². The molecule has 0 nitrogen and oxygen atoms in total. The lowest BCUT2D eigenvalue weighted by Gasteiger charge is -2.22. The van der Waals surface area contributed by atoms with Crippen molar-refractivity contribution in [2.45, 2.75) is 102 Å². The smallest absolute Gasteiger partial charge is 0.0191 e. The molecule has 0 bridgehead atoms. The van der Waals surface area contributed by atoms with Gasteiger partial charge in [0.15, 0.2) is 0 Å². The summed E-state index contributed by atoms with van der Waals surface area (Å²) in [6.07, 6.45) is 18.4. The van der Waals surface area contributed by atoms with Gasteiger partial charge in [-0.3, -0.25) is 0 Å². The fraction of sp³-hybridized carbons (Fsp3) is 0.615. The summed E-state index contributed by atoms with van der Waals surface area (Å²) >= 11 is 0. The maximum absolute atomic E-state index is 2.35. The molecule has 0 fully saturated rings. The van der Waals surface area contributed by atoms with Crippen molar-refractivity contribution in [3.05, 3.63) is 58.7 Å². The van der Waals surface area contributed by atoms with Gasteiger partial charge in [-0.05, 0) is 57.9 Å². The van der Waals surface area contributed by atoms with Crippen LogP contribution in [0.25, 0.3) is 0 Å². The van der Waals surface area contributed by atoms with Crippen LogP contribution in [0.4, 0.5) is 0 Å². The summed E-state index contributed by atoms with van der Waals surface area (Å²) in [4.78, 5) is 0. The second kappa shape index (κ2) is 21.7. The third-order valence-corrected chi connectivity index (χ3v) is 3.98. The van der Waals surface area contributed by atoms with E-state index in [-0.39, 0.29) is 0 Å². The predicted octanol–water partition coefficient (Wildman–Crippen LogP) is 9.62. The lowest BCUT2D eigenvalue weighted by atomic mass is 9.84. The van der Waals surface area contributed by atoms with Crippen LogP contribution in [0.1, 0.15) is 102 Å². The van der Waals surface area contributed by atoms with Crippen molar-refractivity contribution in [3.8, 4) is 0 Å². The highest BCUT2D eigenvalue weighted by Gasteiger charge is 2.14. The monoisotopic (exact) mass is 360 g/mol. The molecule has 0 aromatic carbocycles. The van der Waals surface area contributed by atoms with Crippen molar-refractivity contribution in [1.29, 1.82) is 0 Å². The summed E-state index contributed by atoms with van der Waals surface area (Å²) in [5.41, 5.74) is 5.77. The van der Waals surface area contributed by atoms with Gasteiger partial charge in [0.1, 0.15) is 0 Å². The molecule has 0 spiro atoms. The zero-order chi connectivity index (χ0) is 21.0. The molecular formula is C26H48. The molecule has 0 aromatic rings. The number of allylic oxidation sites excluding steroid dienone is 10. The van der Waals surface area contributed by atoms with E-state index in [4.69, 9.17) is 0 Å². The molecule has 0 aliphatic heterocycles. The molecular weight excluding hydrogens is 312 g/mol. The molecule has 0 saturated heterocycles. The first-order valence-corrected chi connectivity index (χ1v) is 10.9. The van der Waals surface area contributed by atoms with E-state index in [2.05, 4.69) is 71.1 Å². The fourth-order valence-corrected chi connectivity index (χ4v) is 2.72. The lowest BCUT2D eigenvalue weighted by Crippen LogP contribution is -2.06. The molecule has 1 aliphatic carbocycles. The second-order valence-corrected chi connectivity index (χ2v) is 5.99. The van der Waals surface area contributed by atoms with Crippen LogP contribution in [0.3, 0.4) is 0 Å². The Hall–Kier alpha value is -1.30. The first kappa shape index (κ1) is 29.5. The third kappa shape index (κ3) is 15.0. The molecule has 1 aliphatic rings. The number of hydrogen-bond acceptors (Lipinski definition) is 0. The first-order chi connectivity index (χ1) is 12.5. The molecule has 0 saturated carbocycles. The summed E-state index contributed by atoms with van der Waals surface area (Å²) in [5.74, 6) is 0.720. The molecule has 1 atom stereocenters. The van der Waals surface area contributed by atoms with Gasteiger partial charge >= 0.3 is 0 Å². The highest BCUT2D eigenvalue weighted by molar-refractivity contribution is 5.34. The minimum absolute atomic E-state index is 0.720. The lowest BCUT2D eigenvalue weighted by molar-refractivity contribution is 0.546. The standard InChI is InChI=1S/C20H30.3C2H6/c1-6-9-16(2)10-7-11-17(3)14-15-20-18(4)12-8-13-19(20)5;3*1-2/h7,9-11,14-15,18H,6,8,12-13H2,1-5H3;3*1-2H3/b10-7+,15-14+,16-9-,17-11+;;;. The van der Waals surface area contributed by atoms with Gasteiger partial charge in [-0.1, -0.05) is 109 Å². The molecule has 1 rings (SSSR count). The van der Waals surface area contributed by atoms with Gasteiger partial charge < -0.3 is 0 Å². The van der Waals surface area contributed by atoms with E-state index in [1.807, 2.05) is 41.5 Å². The van der Waals surface area contributed by atoms with Gasteiger partial charge in [0.2, 0.25) is 0 Å². The first-order valence-electron chi connectivity index (χ1n) is 10.9. The van der Waals surface area contributed by atoms with Crippen LogP contribution in [0.15, 0.2) is 58.7 Å². The quantitative estimate of drug-likeness (QED) is 0.428. The van der Waals surface area contributed by atoms with Crippen LogP contribution >= 0.6 is 0 Å². The fourth-order valence-electron chi connectivity index (χ4n) is 2.72. The van der Waals surface area contributed by atoms with Crippen LogP contribution in [0.5, 0.6) is 0 Å². The highest BCUT2D eigenvalue weighted by Crippen LogP contribution is 2.30. The van der Waals surface area contributed by atoms with Crippen LogP contribution in [0.2, 0.25) is 0 Å². The molecule has 0 heteroatoms. The predicted molar refractivity (Wildman–Crippen MR) is 126 cm³/mol. The Labute approximate surface area is 166 Å². The third-order valence-electron chi connectivity index (χ3n) is 3.98. The molecule has 0 amide bonds.